The van der Waals surface area contributed by atoms with E-state index in [-0.39, 0.29) is 5.91 Å². The molecule has 1 aromatic carbocycles. The fourth-order valence-electron chi connectivity index (χ4n) is 2.26. The number of carbonyl (C=O) groups excluding carboxylic acids is 1. The molecule has 3 aromatic rings. The largest absolute Gasteiger partial charge is 0.469 e. The second-order valence-electron chi connectivity index (χ2n) is 5.44. The van der Waals surface area contributed by atoms with E-state index in [0.717, 1.165) is 11.4 Å². The summed E-state index contributed by atoms with van der Waals surface area (Å²) in [5, 5.41) is 7.20. The van der Waals surface area contributed by atoms with Gasteiger partial charge in [-0.05, 0) is 47.1 Å². The third-order valence-corrected chi connectivity index (χ3v) is 4.11. The molecule has 7 heteroatoms. The first-order chi connectivity index (χ1) is 12.1. The molecule has 25 heavy (non-hydrogen) atoms. The number of carbonyl (C=O) groups is 1. The van der Waals surface area contributed by atoms with Crippen LogP contribution in [-0.4, -0.2) is 28.3 Å². The van der Waals surface area contributed by atoms with E-state index in [0.29, 0.717) is 23.3 Å². The van der Waals surface area contributed by atoms with Gasteiger partial charge in [0.15, 0.2) is 6.10 Å². The van der Waals surface area contributed by atoms with E-state index in [1.165, 1.54) is 0 Å². The number of benzene rings is 1. The van der Waals surface area contributed by atoms with Gasteiger partial charge in [-0.25, -0.2) is 4.68 Å². The first-order valence-electron chi connectivity index (χ1n) is 7.91. The van der Waals surface area contributed by atoms with Crippen LogP contribution in [0.5, 0.6) is 5.88 Å². The van der Waals surface area contributed by atoms with Crippen LogP contribution >= 0.6 is 15.9 Å². The Labute approximate surface area is 153 Å². The van der Waals surface area contributed by atoms with Crippen molar-refractivity contribution < 1.29 is 13.9 Å². The van der Waals surface area contributed by atoms with Crippen LogP contribution in [0.25, 0.3) is 5.69 Å². The van der Waals surface area contributed by atoms with Gasteiger partial charge in [-0.15, -0.1) is 5.10 Å². The zero-order chi connectivity index (χ0) is 17.6. The van der Waals surface area contributed by atoms with Crippen LogP contribution in [0.4, 0.5) is 0 Å². The normalized spacial score (nSPS) is 11.9. The summed E-state index contributed by atoms with van der Waals surface area (Å²) in [5.41, 5.74) is 0.911. The van der Waals surface area contributed by atoms with E-state index in [2.05, 4.69) is 26.3 Å². The summed E-state index contributed by atoms with van der Waals surface area (Å²) in [6.07, 6.45) is 3.39. The minimum Gasteiger partial charge on any atom is -0.469 e. The monoisotopic (exact) mass is 403 g/mol. The Hall–Kier alpha value is -2.54. The molecule has 2 heterocycles. The summed E-state index contributed by atoms with van der Waals surface area (Å²) in [6, 6.07) is 13.4. The molecule has 6 nitrogen and oxygen atoms in total. The Kier molecular flexibility index (Phi) is 5.55. The van der Waals surface area contributed by atoms with Gasteiger partial charge in [0.2, 0.25) is 5.88 Å². The van der Waals surface area contributed by atoms with Gasteiger partial charge in [0, 0.05) is 19.2 Å². The molecule has 0 saturated carbocycles. The molecule has 1 amide bonds. The summed E-state index contributed by atoms with van der Waals surface area (Å²) in [6.45, 7) is 2.18. The Bertz CT molecular complexity index is 815. The van der Waals surface area contributed by atoms with Crippen LogP contribution in [0.15, 0.2) is 63.8 Å². The molecule has 1 unspecified atom stereocenters. The van der Waals surface area contributed by atoms with Crippen molar-refractivity contribution in [3.63, 3.8) is 0 Å². The molecule has 2 aromatic heterocycles. The fourth-order valence-corrected chi connectivity index (χ4v) is 2.63. The molecular formula is C18H18BrN3O3. The highest BCUT2D eigenvalue weighted by Crippen LogP contribution is 2.25. The average Bonchev–Trinajstić information content (AvgIpc) is 3.26. The number of halogens is 1. The van der Waals surface area contributed by atoms with E-state index in [1.54, 1.807) is 24.1 Å². The second-order valence-corrected chi connectivity index (χ2v) is 6.30. The molecule has 130 valence electrons. The van der Waals surface area contributed by atoms with Gasteiger partial charge < -0.3 is 14.5 Å². The molecule has 0 aliphatic rings. The second kappa shape index (κ2) is 8.02. The van der Waals surface area contributed by atoms with E-state index >= 15 is 0 Å². The molecular weight excluding hydrogens is 386 g/mol. The molecule has 1 N–H and O–H groups in total. The van der Waals surface area contributed by atoms with Crippen molar-refractivity contribution in [2.24, 2.45) is 0 Å². The smallest absolute Gasteiger partial charge is 0.260 e. The lowest BCUT2D eigenvalue weighted by Crippen LogP contribution is -2.37. The van der Waals surface area contributed by atoms with Crippen LogP contribution in [0.1, 0.15) is 12.7 Å². The van der Waals surface area contributed by atoms with Gasteiger partial charge >= 0.3 is 0 Å². The Morgan fingerprint density at radius 1 is 1.32 bits per heavy atom. The van der Waals surface area contributed by atoms with Crippen LogP contribution < -0.4 is 10.1 Å². The lowest BCUT2D eigenvalue weighted by atomic mass is 10.3. The number of amides is 1. The van der Waals surface area contributed by atoms with Crippen molar-refractivity contribution >= 4 is 21.8 Å². The number of aromatic nitrogens is 2. The van der Waals surface area contributed by atoms with Crippen LogP contribution in [0.2, 0.25) is 0 Å². The van der Waals surface area contributed by atoms with Crippen molar-refractivity contribution in [1.29, 1.82) is 0 Å². The van der Waals surface area contributed by atoms with Gasteiger partial charge in [-0.2, -0.15) is 0 Å². The van der Waals surface area contributed by atoms with E-state index in [9.17, 15) is 4.79 Å². The zero-order valence-electron chi connectivity index (χ0n) is 13.7. The lowest BCUT2D eigenvalue weighted by molar-refractivity contribution is -0.127. The molecule has 3 rings (SSSR count). The van der Waals surface area contributed by atoms with Gasteiger partial charge in [0.05, 0.1) is 16.4 Å². The Morgan fingerprint density at radius 3 is 2.84 bits per heavy atom. The molecule has 1 atom stereocenters. The van der Waals surface area contributed by atoms with E-state index < -0.39 is 6.10 Å². The quantitative estimate of drug-likeness (QED) is 0.656. The fraction of sp³-hybridized carbons (Fsp3) is 0.222. The van der Waals surface area contributed by atoms with E-state index in [4.69, 9.17) is 9.15 Å². The lowest BCUT2D eigenvalue weighted by Gasteiger charge is -2.13. The predicted molar refractivity (Wildman–Crippen MR) is 96.8 cm³/mol. The van der Waals surface area contributed by atoms with Crippen molar-refractivity contribution in [2.45, 2.75) is 19.4 Å². The van der Waals surface area contributed by atoms with Gasteiger partial charge in [-0.3, -0.25) is 4.79 Å². The van der Waals surface area contributed by atoms with E-state index in [1.807, 2.05) is 42.5 Å². The minimum atomic E-state index is -0.660. The highest BCUT2D eigenvalue weighted by atomic mass is 79.9. The predicted octanol–water partition coefficient (Wildman–Crippen LogP) is 3.35. The highest BCUT2D eigenvalue weighted by Gasteiger charge is 2.18. The number of hydrogen-bond donors (Lipinski definition) is 1. The standard InChI is InChI=1S/C18H18BrN3O3/c1-13(17(23)20-10-9-15-8-5-11-24-15)25-18-16(19)12-22(21-18)14-6-3-2-4-7-14/h2-8,11-13H,9-10H2,1H3,(H,20,23). The van der Waals surface area contributed by atoms with Crippen molar-refractivity contribution in [3.8, 4) is 11.6 Å². The maximum atomic E-state index is 12.1. The number of ether oxygens (including phenoxy) is 1. The zero-order valence-corrected chi connectivity index (χ0v) is 15.3. The Balaban J connectivity index is 1.56. The minimum absolute atomic E-state index is 0.201. The summed E-state index contributed by atoms with van der Waals surface area (Å²) < 4.78 is 13.3. The van der Waals surface area contributed by atoms with Crippen LogP contribution in [-0.2, 0) is 11.2 Å². The maximum Gasteiger partial charge on any atom is 0.260 e. The first-order valence-corrected chi connectivity index (χ1v) is 8.70. The average molecular weight is 404 g/mol. The Morgan fingerprint density at radius 2 is 2.12 bits per heavy atom. The van der Waals surface area contributed by atoms with Gasteiger partial charge in [0.25, 0.3) is 5.91 Å². The highest BCUT2D eigenvalue weighted by molar-refractivity contribution is 9.10. The van der Waals surface area contributed by atoms with Crippen LogP contribution in [0.3, 0.4) is 0 Å². The molecule has 0 fully saturated rings. The first kappa shape index (κ1) is 17.3. The molecule has 0 bridgehead atoms. The van der Waals surface area contributed by atoms with Crippen LogP contribution in [0, 0.1) is 0 Å². The summed E-state index contributed by atoms with van der Waals surface area (Å²) in [5.74, 6) is 1.00. The van der Waals surface area contributed by atoms with Gasteiger partial charge in [0.1, 0.15) is 5.76 Å². The molecule has 0 aliphatic heterocycles. The number of para-hydroxylation sites is 1. The number of rotatable bonds is 7. The SMILES string of the molecule is CC(Oc1nn(-c2ccccc2)cc1Br)C(=O)NCCc1ccco1. The number of nitrogens with one attached hydrogen (secondary N) is 1. The molecule has 0 aliphatic carbocycles. The molecule has 0 spiro atoms. The van der Waals surface area contributed by atoms with Crippen molar-refractivity contribution in [2.75, 3.05) is 6.54 Å². The van der Waals surface area contributed by atoms with Crippen molar-refractivity contribution in [3.05, 3.63) is 65.2 Å². The topological polar surface area (TPSA) is 69.3 Å². The third kappa shape index (κ3) is 4.51. The third-order valence-electron chi connectivity index (χ3n) is 3.57. The van der Waals surface area contributed by atoms with Crippen molar-refractivity contribution in [1.82, 2.24) is 15.1 Å². The number of hydrogen-bond acceptors (Lipinski definition) is 4. The van der Waals surface area contributed by atoms with Gasteiger partial charge in [-0.1, -0.05) is 18.2 Å². The summed E-state index contributed by atoms with van der Waals surface area (Å²) in [7, 11) is 0. The molecule has 0 saturated heterocycles. The number of nitrogens with zero attached hydrogens (tertiary/aromatic N) is 2. The summed E-state index contributed by atoms with van der Waals surface area (Å²) in [4.78, 5) is 12.1. The molecule has 0 radical (unpaired) electrons. The maximum absolute atomic E-state index is 12.1. The number of furan rings is 1. The summed E-state index contributed by atoms with van der Waals surface area (Å²) >= 11 is 3.42.